The summed E-state index contributed by atoms with van der Waals surface area (Å²) in [6.45, 7) is 4.68. The van der Waals surface area contributed by atoms with Crippen LogP contribution in [0.1, 0.15) is 16.8 Å². The summed E-state index contributed by atoms with van der Waals surface area (Å²) in [4.78, 5) is 5.30. The van der Waals surface area contributed by atoms with Gasteiger partial charge in [-0.2, -0.15) is 5.10 Å². The highest BCUT2D eigenvalue weighted by molar-refractivity contribution is 7.19. The Balaban J connectivity index is 2.07. The molecule has 0 saturated carbocycles. The Labute approximate surface area is 109 Å². The van der Waals surface area contributed by atoms with E-state index in [0.717, 1.165) is 21.2 Å². The van der Waals surface area contributed by atoms with Gasteiger partial charge in [-0.25, -0.2) is 9.50 Å². The number of fused-ring (bicyclic) bond motifs is 1. The zero-order valence-electron chi connectivity index (χ0n) is 10.3. The fourth-order valence-electron chi connectivity index (χ4n) is 1.83. The summed E-state index contributed by atoms with van der Waals surface area (Å²) in [5.41, 5.74) is 10.2. The van der Waals surface area contributed by atoms with Crippen LogP contribution in [0, 0.1) is 13.8 Å². The lowest BCUT2D eigenvalue weighted by molar-refractivity contribution is 0.959. The smallest absolute Gasteiger partial charge is 0.212 e. The Morgan fingerprint density at radius 3 is 2.78 bits per heavy atom. The second-order valence-corrected chi connectivity index (χ2v) is 5.33. The van der Waals surface area contributed by atoms with E-state index in [9.17, 15) is 0 Å². The van der Waals surface area contributed by atoms with E-state index in [1.807, 2.05) is 6.20 Å². The molecule has 0 aliphatic heterocycles. The number of imidazole rings is 1. The van der Waals surface area contributed by atoms with Gasteiger partial charge in [-0.15, -0.1) is 0 Å². The van der Waals surface area contributed by atoms with Gasteiger partial charge in [0.05, 0.1) is 11.9 Å². The predicted octanol–water partition coefficient (Wildman–Crippen LogP) is 2.53. The lowest BCUT2D eigenvalue weighted by Gasteiger charge is -2.01. The van der Waals surface area contributed by atoms with Crippen LogP contribution in [0.5, 0.6) is 0 Å². The number of nitrogens with two attached hydrogens (primary N) is 1. The molecule has 0 bridgehead atoms. The van der Waals surface area contributed by atoms with Crippen LogP contribution in [0.2, 0.25) is 0 Å². The Morgan fingerprint density at radius 2 is 2.11 bits per heavy atom. The molecule has 0 radical (unpaired) electrons. The number of rotatable bonds is 2. The first-order valence-corrected chi connectivity index (χ1v) is 6.62. The molecule has 3 aromatic rings. The first-order chi connectivity index (χ1) is 8.67. The minimum absolute atomic E-state index is 0.453. The topological polar surface area (TPSA) is 56.2 Å². The van der Waals surface area contributed by atoms with Crippen molar-refractivity contribution in [3.63, 3.8) is 0 Å². The van der Waals surface area contributed by atoms with Gasteiger partial charge in [0.1, 0.15) is 5.01 Å². The van der Waals surface area contributed by atoms with E-state index in [2.05, 4.69) is 42.1 Å². The van der Waals surface area contributed by atoms with Crippen LogP contribution in [-0.2, 0) is 6.54 Å². The minimum atomic E-state index is 0.453. The van der Waals surface area contributed by atoms with Crippen molar-refractivity contribution in [3.8, 4) is 10.6 Å². The quantitative estimate of drug-likeness (QED) is 0.768. The number of nitrogens with zero attached hydrogens (tertiary/aromatic N) is 3. The standard InChI is InChI=1S/C13H14N4S/c1-8-3-4-10(5-9(8)2)12-16-17-7-11(6-14)15-13(17)18-12/h3-5,7H,6,14H2,1-2H3. The highest BCUT2D eigenvalue weighted by Gasteiger charge is 2.09. The molecule has 18 heavy (non-hydrogen) atoms. The van der Waals surface area contributed by atoms with Crippen LogP contribution in [0.15, 0.2) is 24.4 Å². The van der Waals surface area contributed by atoms with Crippen molar-refractivity contribution in [2.45, 2.75) is 20.4 Å². The monoisotopic (exact) mass is 258 g/mol. The van der Waals surface area contributed by atoms with E-state index in [1.54, 1.807) is 15.9 Å². The molecule has 2 heterocycles. The summed E-state index contributed by atoms with van der Waals surface area (Å²) >= 11 is 1.59. The van der Waals surface area contributed by atoms with Crippen molar-refractivity contribution in [2.24, 2.45) is 5.73 Å². The highest BCUT2D eigenvalue weighted by Crippen LogP contribution is 2.27. The van der Waals surface area contributed by atoms with Gasteiger partial charge in [-0.05, 0) is 31.0 Å². The lowest BCUT2D eigenvalue weighted by atomic mass is 10.1. The van der Waals surface area contributed by atoms with Gasteiger partial charge < -0.3 is 5.73 Å². The average molecular weight is 258 g/mol. The molecule has 2 aromatic heterocycles. The summed E-state index contributed by atoms with van der Waals surface area (Å²) in [7, 11) is 0. The van der Waals surface area contributed by atoms with E-state index in [4.69, 9.17) is 5.73 Å². The van der Waals surface area contributed by atoms with Crippen LogP contribution < -0.4 is 5.73 Å². The molecule has 0 atom stereocenters. The van der Waals surface area contributed by atoms with Crippen molar-refractivity contribution in [2.75, 3.05) is 0 Å². The van der Waals surface area contributed by atoms with Gasteiger partial charge in [0.25, 0.3) is 0 Å². The fourth-order valence-corrected chi connectivity index (χ4v) is 2.73. The summed E-state index contributed by atoms with van der Waals surface area (Å²) in [6.07, 6.45) is 1.89. The second kappa shape index (κ2) is 4.19. The van der Waals surface area contributed by atoms with E-state index in [0.29, 0.717) is 6.54 Å². The Hall–Kier alpha value is -1.72. The van der Waals surface area contributed by atoms with Crippen molar-refractivity contribution >= 4 is 16.3 Å². The van der Waals surface area contributed by atoms with Crippen molar-refractivity contribution in [3.05, 3.63) is 41.2 Å². The SMILES string of the molecule is Cc1ccc(-c2nn3cc(CN)nc3s2)cc1C. The molecule has 0 spiro atoms. The number of hydrogen-bond donors (Lipinski definition) is 1. The Bertz CT molecular complexity index is 679. The largest absolute Gasteiger partial charge is 0.325 e. The number of benzene rings is 1. The maximum absolute atomic E-state index is 5.56. The van der Waals surface area contributed by atoms with E-state index in [-0.39, 0.29) is 0 Å². The molecular weight excluding hydrogens is 244 g/mol. The van der Waals surface area contributed by atoms with Crippen LogP contribution in [0.4, 0.5) is 0 Å². The molecule has 1 aromatic carbocycles. The predicted molar refractivity (Wildman–Crippen MR) is 73.7 cm³/mol. The summed E-state index contributed by atoms with van der Waals surface area (Å²) in [5, 5.41) is 5.53. The van der Waals surface area contributed by atoms with Crippen LogP contribution in [0.3, 0.4) is 0 Å². The first-order valence-electron chi connectivity index (χ1n) is 5.80. The molecule has 3 rings (SSSR count). The first kappa shape index (κ1) is 11.4. The Morgan fingerprint density at radius 1 is 1.28 bits per heavy atom. The van der Waals surface area contributed by atoms with Crippen molar-refractivity contribution in [1.29, 1.82) is 0 Å². The molecule has 0 aliphatic carbocycles. The molecule has 5 heteroatoms. The average Bonchev–Trinajstić information content (AvgIpc) is 2.90. The minimum Gasteiger partial charge on any atom is -0.325 e. The lowest BCUT2D eigenvalue weighted by Crippen LogP contribution is -1.95. The number of aromatic nitrogens is 3. The zero-order chi connectivity index (χ0) is 12.7. The maximum Gasteiger partial charge on any atom is 0.212 e. The third kappa shape index (κ3) is 1.81. The molecular formula is C13H14N4S. The van der Waals surface area contributed by atoms with Gasteiger partial charge in [0, 0.05) is 12.1 Å². The van der Waals surface area contributed by atoms with Gasteiger partial charge in [0.15, 0.2) is 0 Å². The van der Waals surface area contributed by atoms with E-state index in [1.165, 1.54) is 11.1 Å². The molecule has 92 valence electrons. The van der Waals surface area contributed by atoms with Gasteiger partial charge >= 0.3 is 0 Å². The molecule has 0 aliphatic rings. The Kier molecular flexibility index (Phi) is 2.65. The number of aryl methyl sites for hydroxylation is 2. The van der Waals surface area contributed by atoms with Crippen molar-refractivity contribution < 1.29 is 0 Å². The normalized spacial score (nSPS) is 11.3. The van der Waals surface area contributed by atoms with E-state index >= 15 is 0 Å². The summed E-state index contributed by atoms with van der Waals surface area (Å²) in [6, 6.07) is 6.39. The molecule has 0 saturated heterocycles. The third-order valence-corrected chi connectivity index (χ3v) is 4.03. The molecule has 0 amide bonds. The summed E-state index contributed by atoms with van der Waals surface area (Å²) < 4.78 is 1.80. The van der Waals surface area contributed by atoms with Crippen LogP contribution >= 0.6 is 11.3 Å². The zero-order valence-corrected chi connectivity index (χ0v) is 11.2. The molecule has 2 N–H and O–H groups in total. The molecule has 0 unspecified atom stereocenters. The molecule has 0 fully saturated rings. The van der Waals surface area contributed by atoms with Crippen LogP contribution in [0.25, 0.3) is 15.5 Å². The van der Waals surface area contributed by atoms with Gasteiger partial charge in [-0.3, -0.25) is 0 Å². The van der Waals surface area contributed by atoms with Gasteiger partial charge in [-0.1, -0.05) is 23.5 Å². The summed E-state index contributed by atoms with van der Waals surface area (Å²) in [5.74, 6) is 0. The van der Waals surface area contributed by atoms with Gasteiger partial charge in [0.2, 0.25) is 4.96 Å². The highest BCUT2D eigenvalue weighted by atomic mass is 32.1. The maximum atomic E-state index is 5.56. The molecule has 4 nitrogen and oxygen atoms in total. The van der Waals surface area contributed by atoms with Crippen LogP contribution in [-0.4, -0.2) is 14.6 Å². The third-order valence-electron chi connectivity index (χ3n) is 3.06. The van der Waals surface area contributed by atoms with Crippen molar-refractivity contribution in [1.82, 2.24) is 14.6 Å². The van der Waals surface area contributed by atoms with E-state index < -0.39 is 0 Å². The number of hydrogen-bond acceptors (Lipinski definition) is 4. The second-order valence-electron chi connectivity index (χ2n) is 4.37. The fraction of sp³-hybridized carbons (Fsp3) is 0.231.